The molecule has 0 aromatic rings. The van der Waals surface area contributed by atoms with Gasteiger partial charge >= 0.3 is 6.09 Å². The fourth-order valence-corrected chi connectivity index (χ4v) is 1.92. The number of nitrogens with one attached hydrogen (secondary N) is 1. The molecule has 4 N–H and O–H groups in total. The van der Waals surface area contributed by atoms with Gasteiger partial charge in [0.05, 0.1) is 6.10 Å². The lowest BCUT2D eigenvalue weighted by Crippen LogP contribution is -2.36. The van der Waals surface area contributed by atoms with Crippen molar-refractivity contribution in [3.05, 3.63) is 0 Å². The molecule has 6 heteroatoms. The summed E-state index contributed by atoms with van der Waals surface area (Å²) in [5.74, 6) is 0. The molecule has 2 saturated heterocycles. The van der Waals surface area contributed by atoms with Gasteiger partial charge in [0.2, 0.25) is 0 Å². The molecule has 1 amide bonds. The van der Waals surface area contributed by atoms with Crippen molar-refractivity contribution in [2.75, 3.05) is 26.2 Å². The van der Waals surface area contributed by atoms with Crippen LogP contribution in [0.1, 0.15) is 33.6 Å². The maximum Gasteiger partial charge on any atom is 0.410 e. The van der Waals surface area contributed by atoms with Crippen molar-refractivity contribution >= 4 is 6.09 Å². The van der Waals surface area contributed by atoms with Crippen molar-refractivity contribution in [2.45, 2.75) is 51.4 Å². The van der Waals surface area contributed by atoms with Gasteiger partial charge in [-0.05, 0) is 40.2 Å². The summed E-state index contributed by atoms with van der Waals surface area (Å²) in [7, 11) is 0. The summed E-state index contributed by atoms with van der Waals surface area (Å²) in [6, 6.07) is 0.118. The highest BCUT2D eigenvalue weighted by Crippen LogP contribution is 2.13. The number of hydrogen-bond donors (Lipinski definition) is 3. The van der Waals surface area contributed by atoms with Crippen molar-refractivity contribution < 1.29 is 14.6 Å². The van der Waals surface area contributed by atoms with Crippen LogP contribution in [0.2, 0.25) is 0 Å². The molecular weight excluding hydrogens is 246 g/mol. The summed E-state index contributed by atoms with van der Waals surface area (Å²) in [6.07, 6.45) is 1.49. The molecule has 2 rings (SSSR count). The molecule has 0 aromatic heterocycles. The number of nitrogens with two attached hydrogens (primary N) is 1. The van der Waals surface area contributed by atoms with Crippen LogP contribution in [0.4, 0.5) is 4.79 Å². The molecule has 0 spiro atoms. The largest absolute Gasteiger partial charge is 0.444 e. The Morgan fingerprint density at radius 2 is 2.11 bits per heavy atom. The third kappa shape index (κ3) is 6.75. The summed E-state index contributed by atoms with van der Waals surface area (Å²) < 4.78 is 5.20. The molecule has 6 nitrogen and oxygen atoms in total. The first-order valence-electron chi connectivity index (χ1n) is 6.90. The minimum absolute atomic E-state index is 0.0648. The summed E-state index contributed by atoms with van der Waals surface area (Å²) in [5.41, 5.74) is 5.26. The first-order valence-corrected chi connectivity index (χ1v) is 6.90. The lowest BCUT2D eigenvalue weighted by Gasteiger charge is -2.24. The van der Waals surface area contributed by atoms with E-state index < -0.39 is 5.60 Å². The van der Waals surface area contributed by atoms with Crippen LogP contribution >= 0.6 is 0 Å². The Hall–Kier alpha value is -0.850. The Balaban J connectivity index is 0.000000250. The molecule has 2 aliphatic rings. The zero-order chi connectivity index (χ0) is 14.5. The Morgan fingerprint density at radius 3 is 2.42 bits per heavy atom. The van der Waals surface area contributed by atoms with Crippen LogP contribution < -0.4 is 11.1 Å². The Labute approximate surface area is 115 Å². The number of aliphatic hydroxyl groups is 1. The van der Waals surface area contributed by atoms with Crippen molar-refractivity contribution in [1.29, 1.82) is 0 Å². The number of amides is 1. The highest BCUT2D eigenvalue weighted by atomic mass is 16.6. The van der Waals surface area contributed by atoms with Crippen LogP contribution in [0, 0.1) is 0 Å². The van der Waals surface area contributed by atoms with E-state index in [2.05, 4.69) is 5.32 Å². The van der Waals surface area contributed by atoms with Gasteiger partial charge in [0, 0.05) is 25.7 Å². The molecule has 2 fully saturated rings. The van der Waals surface area contributed by atoms with Crippen LogP contribution in [0.5, 0.6) is 0 Å². The normalized spacial score (nSPS) is 26.9. The van der Waals surface area contributed by atoms with Gasteiger partial charge in [0.1, 0.15) is 5.60 Å². The minimum Gasteiger partial charge on any atom is -0.444 e. The second kappa shape index (κ2) is 7.07. The number of aliphatic hydroxyl groups excluding tert-OH is 1. The molecule has 112 valence electrons. The zero-order valence-corrected chi connectivity index (χ0v) is 12.2. The highest BCUT2D eigenvalue weighted by Gasteiger charge is 2.27. The number of ether oxygens (including phenoxy) is 1. The van der Waals surface area contributed by atoms with E-state index in [1.807, 2.05) is 20.8 Å². The number of nitrogens with zero attached hydrogens (tertiary/aromatic N) is 1. The number of carbonyl (C=O) groups is 1. The average molecular weight is 273 g/mol. The van der Waals surface area contributed by atoms with Gasteiger partial charge in [-0.25, -0.2) is 4.79 Å². The molecule has 2 aliphatic heterocycles. The predicted molar refractivity (Wildman–Crippen MR) is 73.9 cm³/mol. The van der Waals surface area contributed by atoms with E-state index in [0.29, 0.717) is 6.54 Å². The van der Waals surface area contributed by atoms with E-state index in [4.69, 9.17) is 15.6 Å². The van der Waals surface area contributed by atoms with Gasteiger partial charge in [0.15, 0.2) is 0 Å². The van der Waals surface area contributed by atoms with Crippen LogP contribution in [0.25, 0.3) is 0 Å². The summed E-state index contributed by atoms with van der Waals surface area (Å²) in [5, 5.41) is 11.7. The van der Waals surface area contributed by atoms with E-state index in [-0.39, 0.29) is 18.2 Å². The Bertz CT molecular complexity index is 285. The topological polar surface area (TPSA) is 87.8 Å². The van der Waals surface area contributed by atoms with Gasteiger partial charge < -0.3 is 25.8 Å². The number of likely N-dealkylation sites (tertiary alicyclic amines) is 1. The zero-order valence-electron chi connectivity index (χ0n) is 12.2. The Kier molecular flexibility index (Phi) is 6.03. The van der Waals surface area contributed by atoms with Crippen LogP contribution in [0.15, 0.2) is 0 Å². The molecule has 0 aliphatic carbocycles. The standard InChI is InChI=1S/C9H18N2O2.C4H9NO/c1-9(2,3)13-8(12)11-5-4-7(10)6-11;6-4-1-2-5-3-4/h7H,4-6,10H2,1-3H3;4-6H,1-3H2/t7-;4-/m11/s1. The van der Waals surface area contributed by atoms with Gasteiger partial charge in [-0.15, -0.1) is 0 Å². The molecule has 0 aromatic carbocycles. The fraction of sp³-hybridized carbons (Fsp3) is 0.923. The summed E-state index contributed by atoms with van der Waals surface area (Å²) in [6.45, 7) is 8.70. The monoisotopic (exact) mass is 273 g/mol. The Morgan fingerprint density at radius 1 is 1.42 bits per heavy atom. The average Bonchev–Trinajstić information content (AvgIpc) is 2.88. The lowest BCUT2D eigenvalue weighted by atomic mass is 10.2. The molecule has 2 atom stereocenters. The molecule has 0 bridgehead atoms. The second-order valence-corrected chi connectivity index (χ2v) is 6.12. The van der Waals surface area contributed by atoms with Crippen molar-refractivity contribution in [2.24, 2.45) is 5.73 Å². The first-order chi connectivity index (χ1) is 8.78. The third-order valence-corrected chi connectivity index (χ3v) is 2.91. The van der Waals surface area contributed by atoms with E-state index in [9.17, 15) is 4.79 Å². The quantitative estimate of drug-likeness (QED) is 0.590. The third-order valence-electron chi connectivity index (χ3n) is 2.91. The smallest absolute Gasteiger partial charge is 0.410 e. The van der Waals surface area contributed by atoms with E-state index in [1.54, 1.807) is 4.90 Å². The first kappa shape index (κ1) is 16.2. The summed E-state index contributed by atoms with van der Waals surface area (Å²) >= 11 is 0. The molecule has 0 unspecified atom stereocenters. The van der Waals surface area contributed by atoms with Crippen molar-refractivity contribution in [1.82, 2.24) is 10.2 Å². The van der Waals surface area contributed by atoms with E-state index in [0.717, 1.165) is 32.5 Å². The maximum atomic E-state index is 11.5. The fourth-order valence-electron chi connectivity index (χ4n) is 1.92. The van der Waals surface area contributed by atoms with E-state index >= 15 is 0 Å². The van der Waals surface area contributed by atoms with Gasteiger partial charge in [0.25, 0.3) is 0 Å². The molecule has 0 radical (unpaired) electrons. The number of carbonyl (C=O) groups excluding carboxylic acids is 1. The maximum absolute atomic E-state index is 11.5. The molecule has 0 saturated carbocycles. The van der Waals surface area contributed by atoms with Crippen LogP contribution in [-0.2, 0) is 4.74 Å². The van der Waals surface area contributed by atoms with Crippen LogP contribution in [0.3, 0.4) is 0 Å². The second-order valence-electron chi connectivity index (χ2n) is 6.12. The van der Waals surface area contributed by atoms with E-state index in [1.165, 1.54) is 0 Å². The van der Waals surface area contributed by atoms with Crippen LogP contribution in [-0.4, -0.2) is 60.0 Å². The van der Waals surface area contributed by atoms with Gasteiger partial charge in [-0.2, -0.15) is 0 Å². The number of rotatable bonds is 0. The number of β-amino-alcohol motifs (C(OH)–C–C–N with tert-alkyl or cyclic N) is 1. The van der Waals surface area contributed by atoms with Gasteiger partial charge in [-0.1, -0.05) is 0 Å². The van der Waals surface area contributed by atoms with Crippen molar-refractivity contribution in [3.8, 4) is 0 Å². The van der Waals surface area contributed by atoms with Gasteiger partial charge in [-0.3, -0.25) is 0 Å². The minimum atomic E-state index is -0.413. The number of hydrogen-bond acceptors (Lipinski definition) is 5. The molecule has 19 heavy (non-hydrogen) atoms. The SMILES string of the molecule is CC(C)(C)OC(=O)N1CC[C@@H](N)C1.O[C@@H]1CCNC1. The molecular formula is C13H27N3O3. The predicted octanol–water partition coefficient (Wildman–Crippen LogP) is 0.295. The summed E-state index contributed by atoms with van der Waals surface area (Å²) in [4.78, 5) is 13.1. The molecule has 2 heterocycles. The lowest BCUT2D eigenvalue weighted by molar-refractivity contribution is 0.0292. The van der Waals surface area contributed by atoms with Crippen molar-refractivity contribution in [3.63, 3.8) is 0 Å². The highest BCUT2D eigenvalue weighted by molar-refractivity contribution is 5.68.